The molecule has 0 saturated carbocycles. The Hall–Kier alpha value is -1.63. The summed E-state index contributed by atoms with van der Waals surface area (Å²) in [6.07, 6.45) is 0.742. The van der Waals surface area contributed by atoms with Crippen LogP contribution in [0.5, 0.6) is 5.88 Å². The zero-order valence-electron chi connectivity index (χ0n) is 14.9. The van der Waals surface area contributed by atoms with Crippen molar-refractivity contribution in [3.63, 3.8) is 0 Å². The van der Waals surface area contributed by atoms with Crippen molar-refractivity contribution in [3.05, 3.63) is 46.4 Å². The first-order valence-electron chi connectivity index (χ1n) is 8.23. The van der Waals surface area contributed by atoms with Crippen LogP contribution < -0.4 is 10.1 Å². The number of ether oxygens (including phenoxy) is 1. The molecule has 2 aromatic rings. The highest BCUT2D eigenvalue weighted by molar-refractivity contribution is 6.30. The van der Waals surface area contributed by atoms with Crippen LogP contribution in [-0.2, 0) is 19.7 Å². The summed E-state index contributed by atoms with van der Waals surface area (Å²) in [6, 6.07) is 6.23. The van der Waals surface area contributed by atoms with Crippen LogP contribution in [0, 0.1) is 11.2 Å². The van der Waals surface area contributed by atoms with Gasteiger partial charge in [0.1, 0.15) is 12.4 Å². The number of aromatic nitrogens is 2. The Kier molecular flexibility index (Phi) is 6.81. The van der Waals surface area contributed by atoms with Gasteiger partial charge in [0.15, 0.2) is 0 Å². The third-order valence-electron chi connectivity index (χ3n) is 3.96. The van der Waals surface area contributed by atoms with E-state index >= 15 is 0 Å². The minimum Gasteiger partial charge on any atom is -0.473 e. The Labute approximate surface area is 152 Å². The molecule has 0 aliphatic rings. The molecule has 7 heteroatoms. The molecule has 25 heavy (non-hydrogen) atoms. The van der Waals surface area contributed by atoms with E-state index in [1.807, 2.05) is 27.0 Å². The van der Waals surface area contributed by atoms with Crippen molar-refractivity contribution in [3.8, 4) is 5.88 Å². The molecule has 0 atom stereocenters. The summed E-state index contributed by atoms with van der Waals surface area (Å²) < 4.78 is 21.4. The second-order valence-corrected chi connectivity index (χ2v) is 7.26. The van der Waals surface area contributed by atoms with Crippen molar-refractivity contribution in [1.29, 1.82) is 0 Å². The van der Waals surface area contributed by atoms with Gasteiger partial charge < -0.3 is 15.2 Å². The molecule has 1 aromatic carbocycles. The highest BCUT2D eigenvalue weighted by Gasteiger charge is 2.18. The van der Waals surface area contributed by atoms with Crippen molar-refractivity contribution in [2.24, 2.45) is 5.41 Å². The molecular weight excluding hydrogens is 345 g/mol. The lowest BCUT2D eigenvalue weighted by atomic mass is 9.91. The van der Waals surface area contributed by atoms with Crippen molar-refractivity contribution in [2.45, 2.75) is 40.0 Å². The van der Waals surface area contributed by atoms with Crippen LogP contribution in [0.15, 0.2) is 24.3 Å². The average Bonchev–Trinajstić information content (AvgIpc) is 2.96. The normalized spacial score (nSPS) is 11.8. The molecule has 0 unspecified atom stereocenters. The molecule has 0 aliphatic carbocycles. The standard InChI is InChI=1S/C18H25ClFN3O2/c1-18(2,12-24)6-7-23-17(9-15(22-23)10-21-3)25-11-13-8-14(19)4-5-16(13)20/h4-5,8-9,21,24H,6-7,10-12H2,1-3H3. The van der Waals surface area contributed by atoms with Gasteiger partial charge in [-0.2, -0.15) is 5.10 Å². The number of rotatable bonds is 9. The van der Waals surface area contributed by atoms with Gasteiger partial charge in [-0.1, -0.05) is 25.4 Å². The maximum absolute atomic E-state index is 13.9. The van der Waals surface area contributed by atoms with Crippen LogP contribution in [-0.4, -0.2) is 28.5 Å². The number of aryl methyl sites for hydroxylation is 1. The van der Waals surface area contributed by atoms with Gasteiger partial charge in [0.25, 0.3) is 0 Å². The molecule has 1 aromatic heterocycles. The number of aliphatic hydroxyl groups is 1. The molecule has 0 saturated heterocycles. The van der Waals surface area contributed by atoms with Crippen LogP contribution in [0.25, 0.3) is 0 Å². The molecule has 2 N–H and O–H groups in total. The SMILES string of the molecule is CNCc1cc(OCc2cc(Cl)ccc2F)n(CCC(C)(C)CO)n1. The molecule has 0 spiro atoms. The third-order valence-corrected chi connectivity index (χ3v) is 4.20. The summed E-state index contributed by atoms with van der Waals surface area (Å²) in [7, 11) is 1.84. The Balaban J connectivity index is 2.13. The van der Waals surface area contributed by atoms with Crippen LogP contribution in [0.4, 0.5) is 4.39 Å². The maximum atomic E-state index is 13.9. The zero-order chi connectivity index (χ0) is 18.4. The number of nitrogens with zero attached hydrogens (tertiary/aromatic N) is 2. The van der Waals surface area contributed by atoms with E-state index in [-0.39, 0.29) is 24.4 Å². The fraction of sp³-hybridized carbons (Fsp3) is 0.500. The van der Waals surface area contributed by atoms with E-state index < -0.39 is 0 Å². The van der Waals surface area contributed by atoms with Gasteiger partial charge in [0.2, 0.25) is 5.88 Å². The third kappa shape index (κ3) is 5.70. The molecule has 0 amide bonds. The lowest BCUT2D eigenvalue weighted by Gasteiger charge is -2.21. The van der Waals surface area contributed by atoms with Gasteiger partial charge in [-0.15, -0.1) is 0 Å². The maximum Gasteiger partial charge on any atom is 0.212 e. The highest BCUT2D eigenvalue weighted by Crippen LogP contribution is 2.24. The molecule has 138 valence electrons. The van der Waals surface area contributed by atoms with E-state index in [1.54, 1.807) is 10.7 Å². The lowest BCUT2D eigenvalue weighted by Crippen LogP contribution is -2.20. The van der Waals surface area contributed by atoms with Gasteiger partial charge in [0, 0.05) is 36.3 Å². The van der Waals surface area contributed by atoms with Crippen LogP contribution in [0.1, 0.15) is 31.5 Å². The zero-order valence-corrected chi connectivity index (χ0v) is 15.6. The first kappa shape index (κ1) is 19.7. The molecule has 0 radical (unpaired) electrons. The number of nitrogens with one attached hydrogen (secondary N) is 1. The molecule has 0 aliphatic heterocycles. The van der Waals surface area contributed by atoms with Crippen LogP contribution >= 0.6 is 11.6 Å². The molecule has 0 bridgehead atoms. The first-order chi connectivity index (χ1) is 11.8. The Bertz CT molecular complexity index is 704. The van der Waals surface area contributed by atoms with Crippen molar-refractivity contribution >= 4 is 11.6 Å². The minimum atomic E-state index is -0.354. The topological polar surface area (TPSA) is 59.3 Å². The quantitative estimate of drug-likeness (QED) is 0.711. The molecule has 5 nitrogen and oxygen atoms in total. The largest absolute Gasteiger partial charge is 0.473 e. The fourth-order valence-electron chi connectivity index (χ4n) is 2.29. The highest BCUT2D eigenvalue weighted by atomic mass is 35.5. The summed E-state index contributed by atoms with van der Waals surface area (Å²) in [5.74, 6) is 0.214. The fourth-order valence-corrected chi connectivity index (χ4v) is 2.48. The summed E-state index contributed by atoms with van der Waals surface area (Å²) >= 11 is 5.92. The number of aliphatic hydroxyl groups excluding tert-OH is 1. The summed E-state index contributed by atoms with van der Waals surface area (Å²) in [4.78, 5) is 0. The Morgan fingerprint density at radius 1 is 1.36 bits per heavy atom. The van der Waals surface area contributed by atoms with Crippen molar-refractivity contribution in [1.82, 2.24) is 15.1 Å². The summed E-state index contributed by atoms with van der Waals surface area (Å²) in [5, 5.41) is 17.4. The smallest absolute Gasteiger partial charge is 0.212 e. The lowest BCUT2D eigenvalue weighted by molar-refractivity contribution is 0.141. The van der Waals surface area contributed by atoms with Crippen molar-refractivity contribution in [2.75, 3.05) is 13.7 Å². The molecular formula is C18H25ClFN3O2. The van der Waals surface area contributed by atoms with E-state index in [0.29, 0.717) is 29.6 Å². The van der Waals surface area contributed by atoms with Crippen molar-refractivity contribution < 1.29 is 14.2 Å². The van der Waals surface area contributed by atoms with E-state index in [9.17, 15) is 9.50 Å². The van der Waals surface area contributed by atoms with E-state index in [1.165, 1.54) is 12.1 Å². The summed E-state index contributed by atoms with van der Waals surface area (Å²) in [5.41, 5.74) is 1.03. The Morgan fingerprint density at radius 2 is 2.12 bits per heavy atom. The van der Waals surface area contributed by atoms with E-state index in [4.69, 9.17) is 16.3 Å². The number of hydrogen-bond donors (Lipinski definition) is 2. The summed E-state index contributed by atoms with van der Waals surface area (Å²) in [6.45, 7) is 5.37. The number of benzene rings is 1. The first-order valence-corrected chi connectivity index (χ1v) is 8.61. The second-order valence-electron chi connectivity index (χ2n) is 6.82. The minimum absolute atomic E-state index is 0.0699. The average molecular weight is 370 g/mol. The predicted molar refractivity (Wildman–Crippen MR) is 96.2 cm³/mol. The number of hydrogen-bond acceptors (Lipinski definition) is 4. The van der Waals surface area contributed by atoms with Crippen LogP contribution in [0.3, 0.4) is 0 Å². The second kappa shape index (κ2) is 8.65. The van der Waals surface area contributed by atoms with Gasteiger partial charge in [-0.05, 0) is 37.1 Å². The van der Waals surface area contributed by atoms with Gasteiger partial charge in [-0.25, -0.2) is 9.07 Å². The number of halogens is 2. The molecule has 0 fully saturated rings. The van der Waals surface area contributed by atoms with Gasteiger partial charge in [0.05, 0.1) is 5.69 Å². The van der Waals surface area contributed by atoms with E-state index in [0.717, 1.165) is 12.1 Å². The predicted octanol–water partition coefficient (Wildman–Crippen LogP) is 3.38. The monoisotopic (exact) mass is 369 g/mol. The van der Waals surface area contributed by atoms with Crippen LogP contribution in [0.2, 0.25) is 5.02 Å². The van der Waals surface area contributed by atoms with E-state index in [2.05, 4.69) is 10.4 Å². The molecule has 1 heterocycles. The molecule has 2 rings (SSSR count). The Morgan fingerprint density at radius 3 is 2.80 bits per heavy atom. The van der Waals surface area contributed by atoms with Gasteiger partial charge >= 0.3 is 0 Å². The van der Waals surface area contributed by atoms with Gasteiger partial charge in [-0.3, -0.25) is 0 Å².